The summed E-state index contributed by atoms with van der Waals surface area (Å²) >= 11 is 9.49. The molecule has 2 aromatic carbocycles. The Morgan fingerprint density at radius 3 is 2.79 bits per heavy atom. The Kier molecular flexibility index (Phi) is 3.31. The van der Waals surface area contributed by atoms with Crippen molar-refractivity contribution in [2.75, 3.05) is 0 Å². The Labute approximate surface area is 123 Å². The monoisotopic (exact) mass is 336 g/mol. The maximum absolute atomic E-state index is 10.4. The minimum absolute atomic E-state index is 0.487. The Morgan fingerprint density at radius 1 is 1.21 bits per heavy atom. The van der Waals surface area contributed by atoms with Gasteiger partial charge in [-0.1, -0.05) is 45.7 Å². The van der Waals surface area contributed by atoms with Crippen molar-refractivity contribution in [1.29, 1.82) is 0 Å². The van der Waals surface area contributed by atoms with E-state index in [2.05, 4.69) is 25.9 Å². The van der Waals surface area contributed by atoms with Crippen LogP contribution in [-0.4, -0.2) is 15.1 Å². The highest BCUT2D eigenvalue weighted by atomic mass is 79.9. The quantitative estimate of drug-likeness (QED) is 0.741. The van der Waals surface area contributed by atoms with E-state index in [0.29, 0.717) is 16.4 Å². The molecule has 0 fully saturated rings. The van der Waals surface area contributed by atoms with Crippen LogP contribution in [0.15, 0.2) is 46.9 Å². The molecule has 3 nitrogen and oxygen atoms in total. The SMILES string of the molecule is O[C@H](c1nc2ccc(Br)cc2[nH]1)c1ccccc1Cl. The highest BCUT2D eigenvalue weighted by molar-refractivity contribution is 9.10. The molecule has 2 N–H and O–H groups in total. The summed E-state index contributed by atoms with van der Waals surface area (Å²) < 4.78 is 0.961. The summed E-state index contributed by atoms with van der Waals surface area (Å²) in [5.74, 6) is 0.487. The number of hydrogen-bond acceptors (Lipinski definition) is 2. The molecule has 1 aromatic heterocycles. The molecule has 96 valence electrons. The average Bonchev–Trinajstić information content (AvgIpc) is 2.81. The number of H-pyrrole nitrogens is 1. The third-order valence-corrected chi connectivity index (χ3v) is 3.76. The molecule has 0 aliphatic carbocycles. The van der Waals surface area contributed by atoms with Crippen LogP contribution in [0.1, 0.15) is 17.5 Å². The number of halogens is 2. The fourth-order valence-electron chi connectivity index (χ4n) is 1.98. The predicted molar refractivity (Wildman–Crippen MR) is 79.3 cm³/mol. The normalized spacial score (nSPS) is 12.8. The average molecular weight is 338 g/mol. The lowest BCUT2D eigenvalue weighted by Crippen LogP contribution is -2.02. The predicted octanol–water partition coefficient (Wildman–Crippen LogP) is 4.06. The zero-order valence-electron chi connectivity index (χ0n) is 9.77. The van der Waals surface area contributed by atoms with Gasteiger partial charge in [-0.25, -0.2) is 4.98 Å². The van der Waals surface area contributed by atoms with Crippen LogP contribution in [0.2, 0.25) is 5.02 Å². The summed E-state index contributed by atoms with van der Waals surface area (Å²) in [6.45, 7) is 0. The molecular formula is C14H10BrClN2O. The third kappa shape index (κ3) is 2.39. The van der Waals surface area contributed by atoms with E-state index in [0.717, 1.165) is 15.5 Å². The summed E-state index contributed by atoms with van der Waals surface area (Å²) in [7, 11) is 0. The topological polar surface area (TPSA) is 48.9 Å². The van der Waals surface area contributed by atoms with Gasteiger partial charge in [-0.15, -0.1) is 0 Å². The molecular weight excluding hydrogens is 328 g/mol. The molecule has 0 radical (unpaired) electrons. The molecule has 3 aromatic rings. The lowest BCUT2D eigenvalue weighted by molar-refractivity contribution is 0.211. The number of aliphatic hydroxyl groups is 1. The Balaban J connectivity index is 2.07. The lowest BCUT2D eigenvalue weighted by atomic mass is 10.1. The Bertz CT molecular complexity index is 741. The molecule has 3 rings (SSSR count). The number of aromatic nitrogens is 2. The van der Waals surface area contributed by atoms with Crippen LogP contribution in [-0.2, 0) is 0 Å². The molecule has 1 heterocycles. The number of benzene rings is 2. The number of fused-ring (bicyclic) bond motifs is 1. The van der Waals surface area contributed by atoms with Gasteiger partial charge in [-0.2, -0.15) is 0 Å². The fraction of sp³-hybridized carbons (Fsp3) is 0.0714. The van der Waals surface area contributed by atoms with E-state index in [4.69, 9.17) is 11.6 Å². The van der Waals surface area contributed by atoms with Crippen LogP contribution in [0.4, 0.5) is 0 Å². The standard InChI is InChI=1S/C14H10BrClN2O/c15-8-5-6-11-12(7-8)18-14(17-11)13(19)9-3-1-2-4-10(9)16/h1-7,13,19H,(H,17,18)/t13-/m0/s1. The van der Waals surface area contributed by atoms with Crippen LogP contribution in [0.5, 0.6) is 0 Å². The van der Waals surface area contributed by atoms with Gasteiger partial charge in [0.05, 0.1) is 11.0 Å². The van der Waals surface area contributed by atoms with E-state index in [-0.39, 0.29) is 0 Å². The van der Waals surface area contributed by atoms with Gasteiger partial charge < -0.3 is 10.1 Å². The molecule has 5 heteroatoms. The van der Waals surface area contributed by atoms with E-state index in [1.807, 2.05) is 30.3 Å². The van der Waals surface area contributed by atoms with Gasteiger partial charge in [0.15, 0.2) is 0 Å². The van der Waals surface area contributed by atoms with Crippen LogP contribution >= 0.6 is 27.5 Å². The molecule has 0 aliphatic rings. The zero-order valence-corrected chi connectivity index (χ0v) is 12.1. The number of rotatable bonds is 2. The van der Waals surface area contributed by atoms with Crippen molar-refractivity contribution in [1.82, 2.24) is 9.97 Å². The second kappa shape index (κ2) is 4.96. The van der Waals surface area contributed by atoms with Gasteiger partial charge in [0.25, 0.3) is 0 Å². The van der Waals surface area contributed by atoms with Gasteiger partial charge in [0.2, 0.25) is 0 Å². The first-order chi connectivity index (χ1) is 9.15. The Morgan fingerprint density at radius 2 is 2.00 bits per heavy atom. The summed E-state index contributed by atoms with van der Waals surface area (Å²) in [6, 6.07) is 12.9. The third-order valence-electron chi connectivity index (χ3n) is 2.92. The second-order valence-corrected chi connectivity index (χ2v) is 5.53. The second-order valence-electron chi connectivity index (χ2n) is 4.21. The minimum atomic E-state index is -0.861. The van der Waals surface area contributed by atoms with Gasteiger partial charge in [-0.05, 0) is 24.3 Å². The molecule has 1 atom stereocenters. The number of imidazole rings is 1. The molecule has 0 spiro atoms. The van der Waals surface area contributed by atoms with Crippen molar-refractivity contribution in [3.63, 3.8) is 0 Å². The van der Waals surface area contributed by atoms with Crippen molar-refractivity contribution in [2.45, 2.75) is 6.10 Å². The smallest absolute Gasteiger partial charge is 0.140 e. The van der Waals surface area contributed by atoms with E-state index in [1.54, 1.807) is 12.1 Å². The number of aromatic amines is 1. The van der Waals surface area contributed by atoms with Crippen LogP contribution in [0.3, 0.4) is 0 Å². The first-order valence-electron chi connectivity index (χ1n) is 5.73. The van der Waals surface area contributed by atoms with E-state index in [9.17, 15) is 5.11 Å². The van der Waals surface area contributed by atoms with E-state index in [1.165, 1.54) is 0 Å². The first-order valence-corrected chi connectivity index (χ1v) is 6.90. The molecule has 0 saturated carbocycles. The van der Waals surface area contributed by atoms with Crippen LogP contribution in [0.25, 0.3) is 11.0 Å². The molecule has 0 aliphatic heterocycles. The molecule has 19 heavy (non-hydrogen) atoms. The van der Waals surface area contributed by atoms with Crippen molar-refractivity contribution in [3.8, 4) is 0 Å². The number of aliphatic hydroxyl groups excluding tert-OH is 1. The Hall–Kier alpha value is -1.36. The maximum Gasteiger partial charge on any atom is 0.140 e. The van der Waals surface area contributed by atoms with Crippen molar-refractivity contribution in [3.05, 3.63) is 63.3 Å². The van der Waals surface area contributed by atoms with Gasteiger partial charge in [-0.3, -0.25) is 0 Å². The summed E-state index contributed by atoms with van der Waals surface area (Å²) in [4.78, 5) is 7.50. The van der Waals surface area contributed by atoms with Gasteiger partial charge in [0, 0.05) is 15.1 Å². The largest absolute Gasteiger partial charge is 0.380 e. The number of hydrogen-bond donors (Lipinski definition) is 2. The summed E-state index contributed by atoms with van der Waals surface area (Å²) in [5.41, 5.74) is 2.32. The first kappa shape index (κ1) is 12.7. The highest BCUT2D eigenvalue weighted by Crippen LogP contribution is 2.28. The molecule has 0 amide bonds. The van der Waals surface area contributed by atoms with Crippen LogP contribution in [0, 0.1) is 0 Å². The van der Waals surface area contributed by atoms with Crippen molar-refractivity contribution >= 4 is 38.6 Å². The van der Waals surface area contributed by atoms with Crippen LogP contribution < -0.4 is 0 Å². The van der Waals surface area contributed by atoms with Gasteiger partial charge >= 0.3 is 0 Å². The number of nitrogens with zero attached hydrogens (tertiary/aromatic N) is 1. The lowest BCUT2D eigenvalue weighted by Gasteiger charge is -2.09. The van der Waals surface area contributed by atoms with Gasteiger partial charge in [0.1, 0.15) is 11.9 Å². The number of nitrogens with one attached hydrogen (secondary N) is 1. The molecule has 0 saturated heterocycles. The maximum atomic E-state index is 10.4. The summed E-state index contributed by atoms with van der Waals surface area (Å²) in [6.07, 6.45) is -0.861. The molecule has 0 unspecified atom stereocenters. The molecule has 0 bridgehead atoms. The fourth-order valence-corrected chi connectivity index (χ4v) is 2.58. The van der Waals surface area contributed by atoms with Crippen molar-refractivity contribution in [2.24, 2.45) is 0 Å². The van der Waals surface area contributed by atoms with E-state index < -0.39 is 6.10 Å². The van der Waals surface area contributed by atoms with E-state index >= 15 is 0 Å². The van der Waals surface area contributed by atoms with Crippen molar-refractivity contribution < 1.29 is 5.11 Å². The summed E-state index contributed by atoms with van der Waals surface area (Å²) in [5, 5.41) is 10.9. The highest BCUT2D eigenvalue weighted by Gasteiger charge is 2.17. The zero-order chi connectivity index (χ0) is 13.4. The minimum Gasteiger partial charge on any atom is -0.380 e.